The number of nitro groups is 1. The second-order valence-electron chi connectivity index (χ2n) is 6.17. The third kappa shape index (κ3) is 7.87. The highest BCUT2D eigenvalue weighted by Crippen LogP contribution is 2.38. The average Bonchev–Trinajstić information content (AvgIpc) is 2.69. The van der Waals surface area contributed by atoms with E-state index in [0.717, 1.165) is 31.4 Å². The molecule has 0 aromatic heterocycles. The molecule has 2 rings (SSSR count). The van der Waals surface area contributed by atoms with Crippen molar-refractivity contribution in [1.82, 2.24) is 0 Å². The van der Waals surface area contributed by atoms with E-state index < -0.39 is 35.2 Å². The Bertz CT molecular complexity index is 970. The van der Waals surface area contributed by atoms with Gasteiger partial charge in [-0.2, -0.15) is 22.0 Å². The van der Waals surface area contributed by atoms with E-state index in [0.29, 0.717) is 17.3 Å². The van der Waals surface area contributed by atoms with Gasteiger partial charge in [0.1, 0.15) is 5.75 Å². The number of non-ortho nitro benzene ring substituents is 1. The summed E-state index contributed by atoms with van der Waals surface area (Å²) in [6.45, 7) is -3.21. The number of benzene rings is 2. The number of carbonyl (C=O) groups excluding carboxylic acids is 1. The van der Waals surface area contributed by atoms with Crippen molar-refractivity contribution in [3.8, 4) is 17.2 Å². The van der Waals surface area contributed by atoms with Crippen molar-refractivity contribution in [1.29, 1.82) is 0 Å². The van der Waals surface area contributed by atoms with E-state index in [2.05, 4.69) is 9.47 Å². The van der Waals surface area contributed by atoms with Crippen LogP contribution in [0.3, 0.4) is 0 Å². The molecule has 32 heavy (non-hydrogen) atoms. The highest BCUT2D eigenvalue weighted by molar-refractivity contribution is 7.98. The van der Waals surface area contributed by atoms with Crippen LogP contribution in [-0.2, 0) is 21.7 Å². The lowest BCUT2D eigenvalue weighted by atomic mass is 10.1. The Morgan fingerprint density at radius 1 is 1.12 bits per heavy atom. The highest BCUT2D eigenvalue weighted by Gasteiger charge is 2.27. The molecule has 0 aliphatic heterocycles. The smallest absolute Gasteiger partial charge is 0.397 e. The number of ether oxygens (including phenoxy) is 3. The van der Waals surface area contributed by atoms with Gasteiger partial charge in [-0.3, -0.25) is 14.9 Å². The van der Waals surface area contributed by atoms with E-state index in [4.69, 9.17) is 4.74 Å². The second-order valence-corrected chi connectivity index (χ2v) is 7.16. The van der Waals surface area contributed by atoms with Crippen LogP contribution in [0.4, 0.5) is 27.6 Å². The van der Waals surface area contributed by atoms with Crippen LogP contribution in [0.15, 0.2) is 36.4 Å². The van der Waals surface area contributed by atoms with Crippen molar-refractivity contribution in [2.45, 2.75) is 25.0 Å². The van der Waals surface area contributed by atoms with Crippen LogP contribution < -0.4 is 9.47 Å². The number of carbonyl (C=O) groups is 1. The van der Waals surface area contributed by atoms with Crippen LogP contribution >= 0.6 is 11.8 Å². The zero-order chi connectivity index (χ0) is 23.9. The van der Waals surface area contributed by atoms with Crippen LogP contribution in [0, 0.1) is 10.1 Å². The summed E-state index contributed by atoms with van der Waals surface area (Å²) in [7, 11) is 1.16. The number of thioether (sulfide) groups is 1. The molecule has 0 fully saturated rings. The highest BCUT2D eigenvalue weighted by atomic mass is 32.2. The summed E-state index contributed by atoms with van der Waals surface area (Å²) in [5, 5.41) is 11.0. The van der Waals surface area contributed by atoms with Crippen LogP contribution in [0.2, 0.25) is 0 Å². The van der Waals surface area contributed by atoms with Gasteiger partial charge in [-0.25, -0.2) is 0 Å². The molecule has 0 saturated carbocycles. The molecule has 174 valence electrons. The fourth-order valence-electron chi connectivity index (χ4n) is 2.46. The molecule has 0 saturated heterocycles. The lowest BCUT2D eigenvalue weighted by Gasteiger charge is -2.16. The van der Waals surface area contributed by atoms with Gasteiger partial charge in [0.2, 0.25) is 0 Å². The SMILES string of the molecule is COC(=O)Cc1ccc(OC(F)F)c(Oc2ccc([N+](=O)[O-])cc2CSCC(F)(F)F)c1. The molecule has 0 radical (unpaired) electrons. The van der Waals surface area contributed by atoms with Crippen LogP contribution in [0.5, 0.6) is 17.2 Å². The molecule has 0 atom stereocenters. The lowest BCUT2D eigenvalue weighted by molar-refractivity contribution is -0.384. The zero-order valence-electron chi connectivity index (χ0n) is 16.4. The van der Waals surface area contributed by atoms with Crippen LogP contribution in [0.25, 0.3) is 0 Å². The number of nitro benzene ring substituents is 1. The number of esters is 1. The quantitative estimate of drug-likeness (QED) is 0.192. The van der Waals surface area contributed by atoms with Crippen molar-refractivity contribution in [3.05, 3.63) is 57.6 Å². The minimum Gasteiger partial charge on any atom is -0.469 e. The molecule has 0 bridgehead atoms. The van der Waals surface area contributed by atoms with Gasteiger partial charge in [0.25, 0.3) is 5.69 Å². The monoisotopic (exact) mass is 481 g/mol. The Labute approximate surface area is 182 Å². The van der Waals surface area contributed by atoms with Gasteiger partial charge in [0.05, 0.1) is 24.2 Å². The first-order valence-corrected chi connectivity index (χ1v) is 9.88. The third-order valence-electron chi connectivity index (χ3n) is 3.80. The molecule has 13 heteroatoms. The number of hydrogen-bond donors (Lipinski definition) is 0. The summed E-state index contributed by atoms with van der Waals surface area (Å²) < 4.78 is 77.5. The van der Waals surface area contributed by atoms with E-state index in [-0.39, 0.29) is 34.9 Å². The first kappa shape index (κ1) is 25.2. The van der Waals surface area contributed by atoms with Gasteiger partial charge < -0.3 is 14.2 Å². The standard InChI is InChI=1S/C19H16F5NO6S/c1-29-17(26)7-11-2-4-15(31-18(20)21)16(6-11)30-14-5-3-13(25(27)28)8-12(14)9-32-10-19(22,23)24/h2-6,8,18H,7,9-10H2,1H3. The number of nitrogens with zero attached hydrogens (tertiary/aromatic N) is 1. The summed E-state index contributed by atoms with van der Waals surface area (Å²) in [6, 6.07) is 6.91. The summed E-state index contributed by atoms with van der Waals surface area (Å²) in [6.07, 6.45) is -4.66. The van der Waals surface area contributed by atoms with E-state index in [1.807, 2.05) is 0 Å². The second kappa shape index (κ2) is 11.0. The van der Waals surface area contributed by atoms with Gasteiger partial charge in [-0.1, -0.05) is 6.07 Å². The summed E-state index contributed by atoms with van der Waals surface area (Å²) in [4.78, 5) is 21.8. The van der Waals surface area contributed by atoms with Crippen molar-refractivity contribution in [3.63, 3.8) is 0 Å². The van der Waals surface area contributed by atoms with Gasteiger partial charge in [-0.15, -0.1) is 11.8 Å². The predicted molar refractivity (Wildman–Crippen MR) is 104 cm³/mol. The maximum atomic E-state index is 12.8. The molecule has 2 aromatic rings. The Hall–Kier alpha value is -3.09. The summed E-state index contributed by atoms with van der Waals surface area (Å²) in [5.74, 6) is -2.88. The molecule has 0 N–H and O–H groups in total. The number of alkyl halides is 5. The lowest BCUT2D eigenvalue weighted by Crippen LogP contribution is -2.11. The van der Waals surface area contributed by atoms with Gasteiger partial charge in [0, 0.05) is 23.4 Å². The number of hydrogen-bond acceptors (Lipinski definition) is 7. The Morgan fingerprint density at radius 3 is 2.41 bits per heavy atom. The molecular formula is C19H16F5NO6S. The maximum Gasteiger partial charge on any atom is 0.397 e. The van der Waals surface area contributed by atoms with E-state index in [1.165, 1.54) is 12.1 Å². The number of rotatable bonds is 10. The summed E-state index contributed by atoms with van der Waals surface area (Å²) >= 11 is 0.448. The molecule has 0 amide bonds. The normalized spacial score (nSPS) is 11.3. The van der Waals surface area contributed by atoms with E-state index >= 15 is 0 Å². The fourth-order valence-corrected chi connectivity index (χ4v) is 3.24. The molecule has 0 heterocycles. The number of halogens is 5. The Kier molecular flexibility index (Phi) is 8.63. The first-order valence-electron chi connectivity index (χ1n) is 8.72. The first-order chi connectivity index (χ1) is 15.0. The molecule has 0 aliphatic carbocycles. The molecule has 0 unspecified atom stereocenters. The molecular weight excluding hydrogens is 465 g/mol. The van der Waals surface area contributed by atoms with Gasteiger partial charge in [0.15, 0.2) is 11.5 Å². The van der Waals surface area contributed by atoms with Crippen molar-refractivity contribution < 1.29 is 45.9 Å². The van der Waals surface area contributed by atoms with Crippen molar-refractivity contribution >= 4 is 23.4 Å². The van der Waals surface area contributed by atoms with E-state index in [1.54, 1.807) is 0 Å². The largest absolute Gasteiger partial charge is 0.469 e. The average molecular weight is 481 g/mol. The molecule has 2 aromatic carbocycles. The van der Waals surface area contributed by atoms with Crippen molar-refractivity contribution in [2.24, 2.45) is 0 Å². The van der Waals surface area contributed by atoms with E-state index in [9.17, 15) is 36.9 Å². The maximum absolute atomic E-state index is 12.8. The van der Waals surface area contributed by atoms with Gasteiger partial charge >= 0.3 is 18.8 Å². The number of methoxy groups -OCH3 is 1. The zero-order valence-corrected chi connectivity index (χ0v) is 17.2. The molecule has 0 aliphatic rings. The Morgan fingerprint density at radius 2 is 1.81 bits per heavy atom. The third-order valence-corrected chi connectivity index (χ3v) is 4.84. The van der Waals surface area contributed by atoms with Crippen LogP contribution in [-0.4, -0.2) is 36.5 Å². The minimum atomic E-state index is -4.45. The molecule has 0 spiro atoms. The topological polar surface area (TPSA) is 87.9 Å². The summed E-state index contributed by atoms with van der Waals surface area (Å²) in [5.41, 5.74) is -0.0263. The Balaban J connectivity index is 2.40. The molecule has 7 nitrogen and oxygen atoms in total. The minimum absolute atomic E-state index is 0.0369. The van der Waals surface area contributed by atoms with Crippen molar-refractivity contribution in [2.75, 3.05) is 12.9 Å². The van der Waals surface area contributed by atoms with Gasteiger partial charge in [-0.05, 0) is 23.8 Å². The predicted octanol–water partition coefficient (Wildman–Crippen LogP) is 5.50. The fraction of sp³-hybridized carbons (Fsp3) is 0.316. The van der Waals surface area contributed by atoms with Crippen LogP contribution in [0.1, 0.15) is 11.1 Å².